The van der Waals surface area contributed by atoms with Crippen molar-refractivity contribution in [3.8, 4) is 0 Å². The molecule has 2 fully saturated rings. The number of aromatic amines is 1. The fourth-order valence-corrected chi connectivity index (χ4v) is 6.47. The summed E-state index contributed by atoms with van der Waals surface area (Å²) < 4.78 is 6.79. The number of H-pyrrole nitrogens is 1. The van der Waals surface area contributed by atoms with Gasteiger partial charge in [-0.15, -0.1) is 0 Å². The predicted molar refractivity (Wildman–Crippen MR) is 117 cm³/mol. The Bertz CT molecular complexity index is 1050. The lowest BCUT2D eigenvalue weighted by Crippen LogP contribution is -2.40. The Balaban J connectivity index is 1.48. The SMILES string of the molecule is c1nc(NC2CCCCC2)c2sc3[nH+]c(N4CCOCC4)c4c(c3c2n1)CCC4. The smallest absolute Gasteiger partial charge is 0.279 e. The Morgan fingerprint density at radius 1 is 1.03 bits per heavy atom. The van der Waals surface area contributed by atoms with E-state index in [0.29, 0.717) is 6.04 Å². The van der Waals surface area contributed by atoms with E-state index in [9.17, 15) is 0 Å². The number of aryl methyl sites for hydroxylation is 1. The number of rotatable bonds is 3. The lowest BCUT2D eigenvalue weighted by Gasteiger charge is -2.23. The second kappa shape index (κ2) is 7.36. The maximum Gasteiger partial charge on any atom is 0.279 e. The molecule has 3 aliphatic rings. The summed E-state index contributed by atoms with van der Waals surface area (Å²) in [4.78, 5) is 16.9. The highest BCUT2D eigenvalue weighted by Gasteiger charge is 2.31. The van der Waals surface area contributed by atoms with Crippen LogP contribution < -0.4 is 15.2 Å². The molecule has 0 aromatic carbocycles. The van der Waals surface area contributed by atoms with Crippen molar-refractivity contribution in [2.45, 2.75) is 57.4 Å². The molecule has 0 radical (unpaired) electrons. The molecule has 2 N–H and O–H groups in total. The minimum absolute atomic E-state index is 0.547. The molecule has 1 saturated carbocycles. The second-order valence-corrected chi connectivity index (χ2v) is 9.59. The summed E-state index contributed by atoms with van der Waals surface area (Å²) in [6.07, 6.45) is 11.8. The highest BCUT2D eigenvalue weighted by molar-refractivity contribution is 7.25. The van der Waals surface area contributed by atoms with Crippen molar-refractivity contribution in [3.05, 3.63) is 17.5 Å². The van der Waals surface area contributed by atoms with Gasteiger partial charge in [-0.2, -0.15) is 0 Å². The summed E-state index contributed by atoms with van der Waals surface area (Å²) in [5.74, 6) is 2.34. The molecule has 6 nitrogen and oxygen atoms in total. The minimum atomic E-state index is 0.547. The molecule has 2 aliphatic carbocycles. The zero-order valence-corrected chi connectivity index (χ0v) is 17.6. The van der Waals surface area contributed by atoms with Gasteiger partial charge in [-0.1, -0.05) is 30.6 Å². The Kier molecular flexibility index (Phi) is 4.53. The third-order valence-corrected chi connectivity index (χ3v) is 7.88. The topological polar surface area (TPSA) is 64.4 Å². The van der Waals surface area contributed by atoms with Gasteiger partial charge in [0.2, 0.25) is 0 Å². The summed E-state index contributed by atoms with van der Waals surface area (Å²) >= 11 is 1.82. The number of morpholine rings is 1. The van der Waals surface area contributed by atoms with Crippen molar-refractivity contribution in [3.63, 3.8) is 0 Å². The number of hydrogen-bond donors (Lipinski definition) is 1. The van der Waals surface area contributed by atoms with E-state index >= 15 is 0 Å². The fourth-order valence-electron chi connectivity index (χ4n) is 5.34. The molecule has 152 valence electrons. The number of anilines is 2. The summed E-state index contributed by atoms with van der Waals surface area (Å²) in [6, 6.07) is 0.547. The molecule has 0 unspecified atom stereocenters. The molecule has 0 atom stereocenters. The molecule has 3 aromatic rings. The highest BCUT2D eigenvalue weighted by Crippen LogP contribution is 2.41. The maximum absolute atomic E-state index is 5.58. The average molecular weight is 411 g/mol. The molecular weight excluding hydrogens is 382 g/mol. The van der Waals surface area contributed by atoms with Crippen molar-refractivity contribution >= 4 is 43.4 Å². The van der Waals surface area contributed by atoms with E-state index < -0.39 is 0 Å². The number of pyridine rings is 1. The van der Waals surface area contributed by atoms with Gasteiger partial charge in [-0.05, 0) is 37.7 Å². The van der Waals surface area contributed by atoms with E-state index in [0.717, 1.165) is 50.5 Å². The van der Waals surface area contributed by atoms with Crippen molar-refractivity contribution in [2.75, 3.05) is 36.5 Å². The van der Waals surface area contributed by atoms with Crippen LogP contribution in [-0.4, -0.2) is 42.3 Å². The van der Waals surface area contributed by atoms with Crippen LogP contribution in [0.1, 0.15) is 49.7 Å². The zero-order valence-electron chi connectivity index (χ0n) is 16.8. The quantitative estimate of drug-likeness (QED) is 0.713. The third kappa shape index (κ3) is 3.06. The van der Waals surface area contributed by atoms with Gasteiger partial charge >= 0.3 is 0 Å². The number of hydrogen-bond acceptors (Lipinski definition) is 6. The van der Waals surface area contributed by atoms with Gasteiger partial charge in [-0.25, -0.2) is 15.0 Å². The summed E-state index contributed by atoms with van der Waals surface area (Å²) in [6.45, 7) is 3.56. The van der Waals surface area contributed by atoms with Crippen LogP contribution in [0.15, 0.2) is 6.33 Å². The second-order valence-electron chi connectivity index (χ2n) is 8.57. The Morgan fingerprint density at radius 3 is 2.72 bits per heavy atom. The van der Waals surface area contributed by atoms with Crippen LogP contribution in [0.4, 0.5) is 11.6 Å². The molecule has 1 aliphatic heterocycles. The number of nitrogens with one attached hydrogen (secondary N) is 2. The van der Waals surface area contributed by atoms with Gasteiger partial charge in [0.1, 0.15) is 29.9 Å². The first-order valence-corrected chi connectivity index (χ1v) is 11.9. The third-order valence-electron chi connectivity index (χ3n) is 6.78. The molecule has 6 rings (SSSR count). The van der Waals surface area contributed by atoms with Crippen LogP contribution >= 0.6 is 11.3 Å². The van der Waals surface area contributed by atoms with E-state index in [1.165, 1.54) is 70.4 Å². The van der Waals surface area contributed by atoms with Crippen molar-refractivity contribution in [1.29, 1.82) is 0 Å². The zero-order chi connectivity index (χ0) is 19.2. The van der Waals surface area contributed by atoms with Crippen LogP contribution in [-0.2, 0) is 17.6 Å². The lowest BCUT2D eigenvalue weighted by atomic mass is 9.95. The molecule has 7 heteroatoms. The molecule has 29 heavy (non-hydrogen) atoms. The van der Waals surface area contributed by atoms with Gasteiger partial charge in [0.25, 0.3) is 5.82 Å². The molecule has 0 amide bonds. The number of nitrogens with zero attached hydrogens (tertiary/aromatic N) is 3. The molecule has 1 saturated heterocycles. The molecule has 0 spiro atoms. The van der Waals surface area contributed by atoms with Crippen LogP contribution in [0.25, 0.3) is 20.4 Å². The van der Waals surface area contributed by atoms with Gasteiger partial charge in [0, 0.05) is 11.6 Å². The normalized spacial score (nSPS) is 20.5. The van der Waals surface area contributed by atoms with Crippen LogP contribution in [0.2, 0.25) is 0 Å². The number of ether oxygens (including phenoxy) is 1. The molecule has 0 bridgehead atoms. The van der Waals surface area contributed by atoms with E-state index in [2.05, 4.69) is 20.2 Å². The molecule has 3 aromatic heterocycles. The van der Waals surface area contributed by atoms with E-state index in [1.54, 1.807) is 6.33 Å². The maximum atomic E-state index is 5.58. The standard InChI is InChI=1S/C22H27N5OS/c1-2-5-14(6-3-1)25-20-19-18(23-13-24-20)17-15-7-4-8-16(15)21(26-22(17)29-19)27-9-11-28-12-10-27/h13-14H,1-12H2,(H,23,24,25)/p+1. The predicted octanol–water partition coefficient (Wildman–Crippen LogP) is 3.73. The van der Waals surface area contributed by atoms with Crippen molar-refractivity contribution in [1.82, 2.24) is 9.97 Å². The fraction of sp³-hybridized carbons (Fsp3) is 0.591. The van der Waals surface area contributed by atoms with Crippen molar-refractivity contribution in [2.24, 2.45) is 0 Å². The molecule has 4 heterocycles. The van der Waals surface area contributed by atoms with Crippen LogP contribution in [0, 0.1) is 0 Å². The van der Waals surface area contributed by atoms with Gasteiger partial charge in [0.15, 0.2) is 4.83 Å². The van der Waals surface area contributed by atoms with E-state index in [4.69, 9.17) is 9.72 Å². The Morgan fingerprint density at radius 2 is 1.86 bits per heavy atom. The monoisotopic (exact) mass is 410 g/mol. The van der Waals surface area contributed by atoms with E-state index in [1.807, 2.05) is 11.3 Å². The first kappa shape index (κ1) is 17.8. The Labute approximate surface area is 174 Å². The van der Waals surface area contributed by atoms with Gasteiger partial charge in [-0.3, -0.25) is 4.90 Å². The summed E-state index contributed by atoms with van der Waals surface area (Å²) in [5, 5.41) is 5.09. The first-order chi connectivity index (χ1) is 14.4. The first-order valence-electron chi connectivity index (χ1n) is 11.1. The molecular formula is C22H28N5OS+. The van der Waals surface area contributed by atoms with Gasteiger partial charge < -0.3 is 10.1 Å². The highest BCUT2D eigenvalue weighted by atomic mass is 32.1. The van der Waals surface area contributed by atoms with Crippen LogP contribution in [0.3, 0.4) is 0 Å². The number of aromatic nitrogens is 3. The average Bonchev–Trinajstić information content (AvgIpc) is 3.39. The number of fused-ring (bicyclic) bond motifs is 5. The number of thiophene rings is 1. The van der Waals surface area contributed by atoms with Crippen molar-refractivity contribution < 1.29 is 9.72 Å². The summed E-state index contributed by atoms with van der Waals surface area (Å²) in [7, 11) is 0. The minimum Gasteiger partial charge on any atom is -0.373 e. The Hall–Kier alpha value is -1.99. The summed E-state index contributed by atoms with van der Waals surface area (Å²) in [5.41, 5.74) is 4.13. The van der Waals surface area contributed by atoms with Gasteiger partial charge in [0.05, 0.1) is 24.1 Å². The largest absolute Gasteiger partial charge is 0.373 e. The van der Waals surface area contributed by atoms with Crippen LogP contribution in [0.5, 0.6) is 0 Å². The lowest BCUT2D eigenvalue weighted by molar-refractivity contribution is -0.328. The van der Waals surface area contributed by atoms with E-state index in [-0.39, 0.29) is 0 Å².